The number of amides is 1. The molecule has 9 heteroatoms. The van der Waals surface area contributed by atoms with Crippen molar-refractivity contribution in [3.63, 3.8) is 0 Å². The van der Waals surface area contributed by atoms with Gasteiger partial charge in [-0.15, -0.1) is 0 Å². The number of hydrogen-bond acceptors (Lipinski definition) is 6. The molecule has 0 fully saturated rings. The van der Waals surface area contributed by atoms with Gasteiger partial charge < -0.3 is 9.84 Å². The molecule has 0 saturated carbocycles. The third-order valence-corrected chi connectivity index (χ3v) is 3.84. The highest BCUT2D eigenvalue weighted by molar-refractivity contribution is 5.93. The lowest BCUT2D eigenvalue weighted by atomic mass is 9.99. The molecule has 0 saturated heterocycles. The first-order chi connectivity index (χ1) is 13.8. The first-order valence-corrected chi connectivity index (χ1v) is 8.49. The van der Waals surface area contributed by atoms with Crippen molar-refractivity contribution in [2.24, 2.45) is 0 Å². The van der Waals surface area contributed by atoms with E-state index in [-0.39, 0.29) is 29.9 Å². The van der Waals surface area contributed by atoms with Gasteiger partial charge in [-0.2, -0.15) is 5.26 Å². The van der Waals surface area contributed by atoms with Crippen LogP contribution in [0.3, 0.4) is 0 Å². The molecule has 2 aromatic carbocycles. The molecule has 0 heterocycles. The third kappa shape index (κ3) is 5.64. The number of hydrogen-bond donors (Lipinski definition) is 2. The first kappa shape index (κ1) is 21.1. The summed E-state index contributed by atoms with van der Waals surface area (Å²) in [5.74, 6) is -1.32. The van der Waals surface area contributed by atoms with E-state index >= 15 is 0 Å². The van der Waals surface area contributed by atoms with Crippen molar-refractivity contribution >= 4 is 29.5 Å². The molecule has 0 unspecified atom stereocenters. The normalized spacial score (nSPS) is 10.7. The number of nitrogens with zero attached hydrogens (tertiary/aromatic N) is 2. The smallest absolute Gasteiger partial charge is 0.411 e. The number of rotatable bonds is 7. The zero-order chi connectivity index (χ0) is 21.4. The van der Waals surface area contributed by atoms with Crippen LogP contribution in [0, 0.1) is 21.4 Å². The highest BCUT2D eigenvalue weighted by atomic mass is 16.6. The van der Waals surface area contributed by atoms with Crippen LogP contribution in [-0.4, -0.2) is 28.7 Å². The van der Waals surface area contributed by atoms with E-state index in [2.05, 4.69) is 5.32 Å². The van der Waals surface area contributed by atoms with Gasteiger partial charge in [0.25, 0.3) is 5.69 Å². The standard InChI is InChI=1S/C20H17N3O6/c1-2-29-20(26)22-17-6-3-13(4-7-17)14-5-8-18(23(27)28)16(11-14)12-15(9-10-21)19(24)25/h3-8,11-12H,2,9H2,1H3,(H,22,26)(H,24,25)/b15-12+. The minimum absolute atomic E-state index is 0.0777. The van der Waals surface area contributed by atoms with E-state index in [0.29, 0.717) is 16.8 Å². The number of ether oxygens (including phenoxy) is 1. The summed E-state index contributed by atoms with van der Waals surface area (Å²) < 4.78 is 4.80. The molecule has 2 rings (SSSR count). The van der Waals surface area contributed by atoms with Gasteiger partial charge in [-0.25, -0.2) is 9.59 Å². The lowest BCUT2D eigenvalue weighted by Gasteiger charge is -2.08. The molecule has 0 aliphatic carbocycles. The van der Waals surface area contributed by atoms with Crippen molar-refractivity contribution in [3.8, 4) is 17.2 Å². The Balaban J connectivity index is 2.41. The van der Waals surface area contributed by atoms with E-state index in [1.165, 1.54) is 18.2 Å². The number of carboxylic acids is 1. The van der Waals surface area contributed by atoms with Gasteiger partial charge in [0, 0.05) is 11.8 Å². The Labute approximate surface area is 166 Å². The number of nitrogens with one attached hydrogen (secondary N) is 1. The Hall–Kier alpha value is -4.19. The van der Waals surface area contributed by atoms with Crippen LogP contribution >= 0.6 is 0 Å². The number of nitro benzene ring substituents is 1. The summed E-state index contributed by atoms with van der Waals surface area (Å²) in [6.45, 7) is 1.93. The van der Waals surface area contributed by atoms with Crippen LogP contribution in [0.1, 0.15) is 18.9 Å². The fraction of sp³-hybridized carbons (Fsp3) is 0.150. The van der Waals surface area contributed by atoms with Gasteiger partial charge in [0.1, 0.15) is 0 Å². The van der Waals surface area contributed by atoms with Crippen molar-refractivity contribution in [2.75, 3.05) is 11.9 Å². The molecule has 1 amide bonds. The maximum absolute atomic E-state index is 11.4. The maximum Gasteiger partial charge on any atom is 0.411 e. The van der Waals surface area contributed by atoms with Crippen molar-refractivity contribution in [3.05, 3.63) is 63.7 Å². The number of carboxylic acid groups (broad SMARTS) is 1. The topological polar surface area (TPSA) is 143 Å². The first-order valence-electron chi connectivity index (χ1n) is 8.49. The number of benzene rings is 2. The van der Waals surface area contributed by atoms with E-state index in [1.54, 1.807) is 37.3 Å². The van der Waals surface area contributed by atoms with Gasteiger partial charge in [-0.3, -0.25) is 15.4 Å². The molecule has 0 aromatic heterocycles. The van der Waals surface area contributed by atoms with E-state index in [1.807, 2.05) is 0 Å². The summed E-state index contributed by atoms with van der Waals surface area (Å²) in [5, 5.41) is 31.8. The zero-order valence-electron chi connectivity index (χ0n) is 15.4. The molecule has 0 atom stereocenters. The number of aliphatic carboxylic acids is 1. The van der Waals surface area contributed by atoms with Crippen LogP contribution in [0.5, 0.6) is 0 Å². The van der Waals surface area contributed by atoms with Crippen molar-refractivity contribution in [1.29, 1.82) is 5.26 Å². The average Bonchev–Trinajstić information content (AvgIpc) is 2.68. The Bertz CT molecular complexity index is 1010. The van der Waals surface area contributed by atoms with Crippen LogP contribution in [0.25, 0.3) is 17.2 Å². The molecule has 0 aliphatic heterocycles. The van der Waals surface area contributed by atoms with Gasteiger partial charge in [-0.05, 0) is 48.4 Å². The summed E-state index contributed by atoms with van der Waals surface area (Å²) in [5.41, 5.74) is 1.37. The van der Waals surface area contributed by atoms with Gasteiger partial charge in [0.15, 0.2) is 0 Å². The van der Waals surface area contributed by atoms with E-state index in [0.717, 1.165) is 6.08 Å². The number of nitro groups is 1. The lowest BCUT2D eigenvalue weighted by Crippen LogP contribution is -2.13. The maximum atomic E-state index is 11.4. The van der Waals surface area contributed by atoms with Gasteiger partial charge in [0.05, 0.1) is 35.2 Å². The predicted octanol–water partition coefficient (Wildman–Crippen LogP) is 4.21. The molecule has 0 bridgehead atoms. The third-order valence-electron chi connectivity index (χ3n) is 3.84. The molecule has 9 nitrogen and oxygen atoms in total. The quantitative estimate of drug-likeness (QED) is 0.406. The number of carbonyl (C=O) groups excluding carboxylic acids is 1. The zero-order valence-corrected chi connectivity index (χ0v) is 15.4. The molecular formula is C20H17N3O6. The van der Waals surface area contributed by atoms with Crippen molar-refractivity contribution in [2.45, 2.75) is 13.3 Å². The SMILES string of the molecule is CCOC(=O)Nc1ccc(-c2ccc([N+](=O)[O-])c(/C=C(\CC#N)C(=O)O)c2)cc1. The molecule has 2 N–H and O–H groups in total. The van der Waals surface area contributed by atoms with Crippen LogP contribution in [0.4, 0.5) is 16.2 Å². The molecule has 148 valence electrons. The minimum atomic E-state index is -1.32. The van der Waals surface area contributed by atoms with Crippen LogP contribution in [0.2, 0.25) is 0 Å². The highest BCUT2D eigenvalue weighted by Gasteiger charge is 2.16. The summed E-state index contributed by atoms with van der Waals surface area (Å²) in [6, 6.07) is 12.7. The molecule has 2 aromatic rings. The molecule has 29 heavy (non-hydrogen) atoms. The van der Waals surface area contributed by atoms with Crippen LogP contribution in [-0.2, 0) is 9.53 Å². The highest BCUT2D eigenvalue weighted by Crippen LogP contribution is 2.29. The molecule has 0 aliphatic rings. The van der Waals surface area contributed by atoms with Crippen molar-refractivity contribution < 1.29 is 24.4 Å². The van der Waals surface area contributed by atoms with Gasteiger partial charge >= 0.3 is 12.1 Å². The molecular weight excluding hydrogens is 378 g/mol. The average molecular weight is 395 g/mol. The van der Waals surface area contributed by atoms with E-state index in [4.69, 9.17) is 10.00 Å². The Morgan fingerprint density at radius 2 is 1.90 bits per heavy atom. The summed E-state index contributed by atoms with van der Waals surface area (Å²) in [7, 11) is 0. The largest absolute Gasteiger partial charge is 0.478 e. The number of nitriles is 1. The fourth-order valence-corrected chi connectivity index (χ4v) is 2.51. The second kappa shape index (κ2) is 9.66. The number of carbonyl (C=O) groups is 2. The summed E-state index contributed by atoms with van der Waals surface area (Å²) in [4.78, 5) is 33.4. The predicted molar refractivity (Wildman–Crippen MR) is 105 cm³/mol. The molecule has 0 radical (unpaired) electrons. The van der Waals surface area contributed by atoms with Gasteiger partial charge in [0.2, 0.25) is 0 Å². The second-order valence-corrected chi connectivity index (χ2v) is 5.76. The second-order valence-electron chi connectivity index (χ2n) is 5.76. The van der Waals surface area contributed by atoms with E-state index in [9.17, 15) is 24.8 Å². The number of anilines is 1. The summed E-state index contributed by atoms with van der Waals surface area (Å²) >= 11 is 0. The Kier molecular flexibility index (Phi) is 7.03. The monoisotopic (exact) mass is 395 g/mol. The fourth-order valence-electron chi connectivity index (χ4n) is 2.51. The minimum Gasteiger partial charge on any atom is -0.478 e. The molecule has 0 spiro atoms. The van der Waals surface area contributed by atoms with Crippen LogP contribution in [0.15, 0.2) is 48.0 Å². The van der Waals surface area contributed by atoms with Crippen molar-refractivity contribution in [1.82, 2.24) is 0 Å². The Morgan fingerprint density at radius 1 is 1.24 bits per heavy atom. The van der Waals surface area contributed by atoms with Gasteiger partial charge in [-0.1, -0.05) is 12.1 Å². The Morgan fingerprint density at radius 3 is 2.45 bits per heavy atom. The summed E-state index contributed by atoms with van der Waals surface area (Å²) in [6.07, 6.45) is 0.163. The van der Waals surface area contributed by atoms with Crippen LogP contribution < -0.4 is 5.32 Å². The lowest BCUT2D eigenvalue weighted by molar-refractivity contribution is -0.385. The van der Waals surface area contributed by atoms with E-state index < -0.39 is 17.0 Å².